The first-order chi connectivity index (χ1) is 26.8. The molecule has 0 aliphatic heterocycles. The van der Waals surface area contributed by atoms with Crippen molar-refractivity contribution in [3.05, 3.63) is 90.9 Å². The standard InChI is InChI=1S/C38H42Br2N12O4/c1-5-51-31(26(22(3)48-51)11-7-6-8-14-52-25(20-53)15-21(2)47-52)36(56)46-38-45-30-19-24(35(42)55)17-28(40)33(30)50(38)13-10-9-12-49-32-27(39)16-23(34(41)54)18-29(32)44-37(49)43-4/h9-10,15-20H,5-8,11-14H2,1-4H3,(H2,41,54)(H2,42,55)(H,43,44)(H,45,46,56)/b10-9+. The number of allylic oxidation sites excluding steroid dienone is 2. The summed E-state index contributed by atoms with van der Waals surface area (Å²) in [6.07, 6.45) is 7.85. The van der Waals surface area contributed by atoms with Crippen LogP contribution in [-0.2, 0) is 32.6 Å². The van der Waals surface area contributed by atoms with Crippen molar-refractivity contribution in [2.24, 2.45) is 11.5 Å². The molecule has 0 atom stereocenters. The molecule has 6 aromatic rings. The SMILES string of the molecule is CCn1nc(C)c(CCCCCn2nc(C)cc2C=O)c1C(=O)Nc1nc2cc(C(N)=O)cc(Br)c2n1C/C=C/Cn1c(NC)nc2cc(C(N)=O)cc(Br)c21. The van der Waals surface area contributed by atoms with Gasteiger partial charge in [0.15, 0.2) is 6.29 Å². The quantitative estimate of drug-likeness (QED) is 0.0486. The molecule has 0 aliphatic rings. The zero-order valence-electron chi connectivity index (χ0n) is 31.4. The molecular weight excluding hydrogens is 848 g/mol. The third-order valence-corrected chi connectivity index (χ3v) is 10.7. The maximum absolute atomic E-state index is 14.2. The topological polar surface area (TPSA) is 216 Å². The number of nitrogens with two attached hydrogens (primary N) is 2. The van der Waals surface area contributed by atoms with Crippen molar-refractivity contribution in [2.75, 3.05) is 17.7 Å². The summed E-state index contributed by atoms with van der Waals surface area (Å²) in [7, 11) is 1.76. The van der Waals surface area contributed by atoms with Crippen LogP contribution in [0.2, 0.25) is 0 Å². The lowest BCUT2D eigenvalue weighted by Crippen LogP contribution is -2.21. The van der Waals surface area contributed by atoms with Gasteiger partial charge in [-0.3, -0.25) is 33.9 Å². The van der Waals surface area contributed by atoms with Crippen LogP contribution < -0.4 is 22.1 Å². The zero-order valence-corrected chi connectivity index (χ0v) is 34.6. The third-order valence-electron chi connectivity index (χ3n) is 9.47. The molecule has 2 aromatic carbocycles. The average molecular weight is 891 g/mol. The molecule has 0 radical (unpaired) electrons. The minimum atomic E-state index is -0.606. The van der Waals surface area contributed by atoms with E-state index in [9.17, 15) is 19.2 Å². The Morgan fingerprint density at radius 1 is 0.804 bits per heavy atom. The number of aromatic nitrogens is 8. The normalized spacial score (nSPS) is 11.6. The Morgan fingerprint density at radius 3 is 1.95 bits per heavy atom. The Hall–Kier alpha value is -5.62. The molecular formula is C38H42Br2N12O4. The molecule has 0 bridgehead atoms. The van der Waals surface area contributed by atoms with Gasteiger partial charge in [-0.25, -0.2) is 9.97 Å². The van der Waals surface area contributed by atoms with Gasteiger partial charge in [-0.05, 0) is 102 Å². The Morgan fingerprint density at radius 2 is 1.39 bits per heavy atom. The molecule has 0 spiro atoms. The lowest BCUT2D eigenvalue weighted by atomic mass is 10.0. The van der Waals surface area contributed by atoms with Crippen molar-refractivity contribution in [2.45, 2.75) is 72.6 Å². The summed E-state index contributed by atoms with van der Waals surface area (Å²) >= 11 is 7.18. The van der Waals surface area contributed by atoms with Gasteiger partial charge in [0, 0.05) is 58.9 Å². The molecule has 0 saturated carbocycles. The monoisotopic (exact) mass is 888 g/mol. The van der Waals surface area contributed by atoms with E-state index in [-0.39, 0.29) is 17.4 Å². The molecule has 4 heterocycles. The van der Waals surface area contributed by atoms with E-state index in [0.717, 1.165) is 48.0 Å². The molecule has 4 aromatic heterocycles. The van der Waals surface area contributed by atoms with E-state index in [1.165, 1.54) is 0 Å². The number of primary amides is 2. The number of unbranched alkanes of at least 4 members (excludes halogenated alkanes) is 2. The maximum atomic E-state index is 14.2. The van der Waals surface area contributed by atoms with Crippen LogP contribution in [-0.4, -0.2) is 69.7 Å². The minimum absolute atomic E-state index is 0.270. The summed E-state index contributed by atoms with van der Waals surface area (Å²) in [5, 5.41) is 15.2. The first-order valence-corrected chi connectivity index (χ1v) is 19.6. The number of fused-ring (bicyclic) bond motifs is 2. The summed E-state index contributed by atoms with van der Waals surface area (Å²) in [5.74, 6) is -0.651. The number of benzene rings is 2. The highest BCUT2D eigenvalue weighted by Crippen LogP contribution is 2.31. The smallest absolute Gasteiger partial charge is 0.276 e. The van der Waals surface area contributed by atoms with Gasteiger partial charge < -0.3 is 25.9 Å². The number of anilines is 2. The third kappa shape index (κ3) is 8.16. The predicted molar refractivity (Wildman–Crippen MR) is 221 cm³/mol. The van der Waals surface area contributed by atoms with Crippen molar-refractivity contribution < 1.29 is 19.2 Å². The Bertz CT molecular complexity index is 2530. The highest BCUT2D eigenvalue weighted by Gasteiger charge is 2.24. The highest BCUT2D eigenvalue weighted by atomic mass is 79.9. The van der Waals surface area contributed by atoms with Crippen molar-refractivity contribution in [1.82, 2.24) is 38.7 Å². The first-order valence-electron chi connectivity index (χ1n) is 18.0. The Labute approximate surface area is 338 Å². The van der Waals surface area contributed by atoms with Crippen molar-refractivity contribution >= 4 is 89.8 Å². The van der Waals surface area contributed by atoms with Gasteiger partial charge in [0.05, 0.1) is 33.5 Å². The van der Waals surface area contributed by atoms with Crippen molar-refractivity contribution in [1.29, 1.82) is 0 Å². The van der Waals surface area contributed by atoms with Crippen LogP contribution in [0.15, 0.2) is 51.4 Å². The maximum Gasteiger partial charge on any atom is 0.276 e. The van der Waals surface area contributed by atoms with Gasteiger partial charge in [0.2, 0.25) is 23.7 Å². The number of carbonyl (C=O) groups excluding carboxylic acids is 4. The summed E-state index contributed by atoms with van der Waals surface area (Å²) in [6, 6.07) is 8.32. The molecule has 292 valence electrons. The van der Waals surface area contributed by atoms with Gasteiger partial charge in [-0.2, -0.15) is 10.2 Å². The second-order valence-electron chi connectivity index (χ2n) is 13.2. The second-order valence-corrected chi connectivity index (χ2v) is 14.9. The van der Waals surface area contributed by atoms with Crippen LogP contribution in [0.3, 0.4) is 0 Å². The summed E-state index contributed by atoms with van der Waals surface area (Å²) < 4.78 is 8.50. The predicted octanol–water partition coefficient (Wildman–Crippen LogP) is 5.91. The van der Waals surface area contributed by atoms with Crippen LogP contribution in [0, 0.1) is 13.8 Å². The molecule has 3 amide bonds. The number of amides is 3. The molecule has 0 unspecified atom stereocenters. The Balaban J connectivity index is 1.26. The number of halogens is 2. The number of rotatable bonds is 17. The van der Waals surface area contributed by atoms with E-state index in [4.69, 9.17) is 16.5 Å². The van der Waals surface area contributed by atoms with Crippen LogP contribution in [0.25, 0.3) is 22.1 Å². The minimum Gasteiger partial charge on any atom is -0.366 e. The molecule has 0 fully saturated rings. The average Bonchev–Trinajstić information content (AvgIpc) is 3.90. The van der Waals surface area contributed by atoms with Gasteiger partial charge in [-0.1, -0.05) is 18.6 Å². The molecule has 56 heavy (non-hydrogen) atoms. The number of nitrogens with one attached hydrogen (secondary N) is 2. The fourth-order valence-corrected chi connectivity index (χ4v) is 8.19. The highest BCUT2D eigenvalue weighted by molar-refractivity contribution is 9.11. The van der Waals surface area contributed by atoms with E-state index < -0.39 is 11.8 Å². The lowest BCUT2D eigenvalue weighted by molar-refractivity contribution is 0.0992. The van der Waals surface area contributed by atoms with Crippen molar-refractivity contribution in [3.63, 3.8) is 0 Å². The lowest BCUT2D eigenvalue weighted by Gasteiger charge is -2.12. The van der Waals surface area contributed by atoms with E-state index in [2.05, 4.69) is 57.7 Å². The number of imidazole rings is 2. The van der Waals surface area contributed by atoms with Crippen LogP contribution in [0.5, 0.6) is 0 Å². The zero-order chi connectivity index (χ0) is 40.3. The summed E-state index contributed by atoms with van der Waals surface area (Å²) in [4.78, 5) is 59.0. The number of nitrogens with zero attached hydrogens (tertiary/aromatic N) is 8. The number of aldehydes is 1. The fourth-order valence-electron chi connectivity index (χ4n) is 6.86. The number of aryl methyl sites for hydroxylation is 4. The van der Waals surface area contributed by atoms with Gasteiger partial charge in [-0.15, -0.1) is 0 Å². The Kier molecular flexibility index (Phi) is 12.2. The van der Waals surface area contributed by atoms with Crippen LogP contribution in [0.1, 0.15) is 84.8 Å². The van der Waals surface area contributed by atoms with Gasteiger partial charge >= 0.3 is 0 Å². The van der Waals surface area contributed by atoms with Gasteiger partial charge in [0.1, 0.15) is 11.4 Å². The number of hydrogen-bond donors (Lipinski definition) is 4. The molecule has 6 rings (SSSR count). The van der Waals surface area contributed by atoms with E-state index in [0.29, 0.717) is 81.0 Å². The number of hydrogen-bond acceptors (Lipinski definition) is 9. The fraction of sp³-hybridized carbons (Fsp3) is 0.316. The van der Waals surface area contributed by atoms with E-state index in [1.54, 1.807) is 46.7 Å². The molecule has 18 heteroatoms. The van der Waals surface area contributed by atoms with Crippen LogP contribution in [0.4, 0.5) is 11.9 Å². The van der Waals surface area contributed by atoms with E-state index in [1.807, 2.05) is 42.1 Å². The summed E-state index contributed by atoms with van der Waals surface area (Å²) in [6.45, 7) is 7.54. The molecule has 6 N–H and O–H groups in total. The molecule has 0 saturated heterocycles. The van der Waals surface area contributed by atoms with Gasteiger partial charge in [0.25, 0.3) is 5.91 Å². The first kappa shape index (κ1) is 40.1. The van der Waals surface area contributed by atoms with E-state index >= 15 is 0 Å². The largest absolute Gasteiger partial charge is 0.366 e. The second kappa shape index (κ2) is 17.0. The van der Waals surface area contributed by atoms with Crippen LogP contribution >= 0.6 is 31.9 Å². The summed E-state index contributed by atoms with van der Waals surface area (Å²) in [5.41, 5.74) is 17.7. The molecule has 16 nitrogen and oxygen atoms in total. The molecule has 0 aliphatic carbocycles. The van der Waals surface area contributed by atoms with Crippen molar-refractivity contribution in [3.8, 4) is 0 Å². The number of carbonyl (C=O) groups is 4.